The van der Waals surface area contributed by atoms with Crippen LogP contribution in [0.15, 0.2) is 15.9 Å². The summed E-state index contributed by atoms with van der Waals surface area (Å²) >= 11 is 0. The molecule has 1 rings (SSSR count). The summed E-state index contributed by atoms with van der Waals surface area (Å²) < 4.78 is 0. The highest BCUT2D eigenvalue weighted by atomic mass is 35.5. The summed E-state index contributed by atoms with van der Waals surface area (Å²) in [6, 6.07) is 0. The van der Waals surface area contributed by atoms with Gasteiger partial charge in [0.05, 0.1) is 0 Å². The highest BCUT2D eigenvalue weighted by Gasteiger charge is 1.86. The third-order valence-corrected chi connectivity index (χ3v) is 0.634. The predicted octanol–water partition coefficient (Wildman–Crippen LogP) is -5.12. The lowest BCUT2D eigenvalue weighted by Gasteiger charge is -1.68. The first kappa shape index (κ1) is 7.90. The molecule has 0 aromatic carbocycles. The van der Waals surface area contributed by atoms with Gasteiger partial charge in [0.25, 0.3) is 0 Å². The number of aromatic nitrogens is 3. The highest BCUT2D eigenvalue weighted by molar-refractivity contribution is 4.48. The van der Waals surface area contributed by atoms with Crippen LogP contribution in [0.4, 0.5) is 0 Å². The van der Waals surface area contributed by atoms with Crippen LogP contribution in [0.3, 0.4) is 0 Å². The fourth-order valence-electron chi connectivity index (χ4n) is 0.342. The molecule has 0 unspecified atom stereocenters. The third kappa shape index (κ3) is 2.09. The molecule has 0 spiro atoms. The number of hydrogen-bond donors (Lipinski definition) is 2. The Balaban J connectivity index is 0.000000640. The van der Waals surface area contributed by atoms with Gasteiger partial charge in [-0.05, 0) is 0 Å². The molecule has 0 fully saturated rings. The van der Waals surface area contributed by atoms with E-state index in [1.54, 1.807) is 0 Å². The summed E-state index contributed by atoms with van der Waals surface area (Å²) in [4.78, 5) is 26.7. The Morgan fingerprint density at radius 2 is 2.11 bits per heavy atom. The van der Waals surface area contributed by atoms with E-state index in [4.69, 9.17) is 0 Å². The number of nitrogens with one attached hydrogen (secondary N) is 3. The van der Waals surface area contributed by atoms with Crippen molar-refractivity contribution in [3.63, 3.8) is 0 Å². The average Bonchev–Trinajstić information content (AvgIpc) is 1.64. The molecule has 0 aliphatic heterocycles. The lowest BCUT2D eigenvalue weighted by molar-refractivity contribution is -0.407. The van der Waals surface area contributed by atoms with E-state index >= 15 is 0 Å². The summed E-state index contributed by atoms with van der Waals surface area (Å²) in [6.07, 6.45) is 1.17. The number of hydrogen-bond acceptors (Lipinski definition) is 2. The Morgan fingerprint density at radius 1 is 1.44 bits per heavy atom. The van der Waals surface area contributed by atoms with E-state index in [0.29, 0.717) is 0 Å². The Hall–Kier alpha value is -1.10. The van der Waals surface area contributed by atoms with Gasteiger partial charge >= 0.3 is 11.4 Å². The zero-order valence-electron chi connectivity index (χ0n) is 4.27. The molecule has 3 N–H and O–H groups in total. The van der Waals surface area contributed by atoms with Crippen LogP contribution >= 0.6 is 0 Å². The quantitative estimate of drug-likeness (QED) is 0.387. The van der Waals surface area contributed by atoms with Gasteiger partial charge in [-0.3, -0.25) is 0 Å². The first-order valence-corrected chi connectivity index (χ1v) is 1.99. The molecule has 9 heavy (non-hydrogen) atoms. The minimum absolute atomic E-state index is 0. The third-order valence-electron chi connectivity index (χ3n) is 0.634. The van der Waals surface area contributed by atoms with Crippen LogP contribution < -0.4 is 28.8 Å². The van der Waals surface area contributed by atoms with Gasteiger partial charge in [0.1, 0.15) is 0 Å². The molecule has 1 aromatic rings. The van der Waals surface area contributed by atoms with Gasteiger partial charge in [0, 0.05) is 0 Å². The smallest absolute Gasteiger partial charge is 0.443 e. The summed E-state index contributed by atoms with van der Waals surface area (Å²) in [5, 5.41) is 0. The van der Waals surface area contributed by atoms with Crippen molar-refractivity contribution < 1.29 is 17.4 Å². The summed E-state index contributed by atoms with van der Waals surface area (Å²) in [7, 11) is 0. The van der Waals surface area contributed by atoms with Crippen LogP contribution in [0, 0.1) is 0 Å². The van der Waals surface area contributed by atoms with Gasteiger partial charge in [0.15, 0.2) is 6.33 Å². The zero-order chi connectivity index (χ0) is 5.98. The van der Waals surface area contributed by atoms with E-state index in [1.165, 1.54) is 6.33 Å². The first-order valence-electron chi connectivity index (χ1n) is 1.99. The van der Waals surface area contributed by atoms with Crippen molar-refractivity contribution in [2.75, 3.05) is 0 Å². The molecule has 0 bridgehead atoms. The van der Waals surface area contributed by atoms with Crippen LogP contribution in [0.1, 0.15) is 0 Å². The molecule has 50 valence electrons. The van der Waals surface area contributed by atoms with Gasteiger partial charge < -0.3 is 12.4 Å². The van der Waals surface area contributed by atoms with E-state index in [2.05, 4.69) is 9.97 Å². The van der Waals surface area contributed by atoms with Crippen molar-refractivity contribution in [3.8, 4) is 0 Å². The van der Waals surface area contributed by atoms with Crippen LogP contribution in [0.25, 0.3) is 0 Å². The molecule has 1 aromatic heterocycles. The monoisotopic (exact) mass is 149 g/mol. The van der Waals surface area contributed by atoms with Gasteiger partial charge in [-0.1, -0.05) is 0 Å². The van der Waals surface area contributed by atoms with Gasteiger partial charge in [-0.25, -0.2) is 19.6 Å². The lowest BCUT2D eigenvalue weighted by atomic mass is 11.0. The van der Waals surface area contributed by atoms with E-state index in [1.807, 2.05) is 4.98 Å². The Morgan fingerprint density at radius 3 is 2.44 bits per heavy atom. The van der Waals surface area contributed by atoms with E-state index < -0.39 is 11.4 Å². The standard InChI is InChI=1S/C3H3N3O2.ClH/c7-2-4-1-5-3(8)6-2;/h1H,(H2,4,5,6,7,8);1H. The number of rotatable bonds is 0. The van der Waals surface area contributed by atoms with E-state index in [-0.39, 0.29) is 12.4 Å². The molecular weight excluding hydrogens is 146 g/mol. The van der Waals surface area contributed by atoms with E-state index in [0.717, 1.165) is 0 Å². The normalized spacial score (nSPS) is 8.00. The minimum atomic E-state index is -0.506. The maximum atomic E-state index is 10.2. The van der Waals surface area contributed by atoms with Crippen LogP contribution in [0.2, 0.25) is 0 Å². The Labute approximate surface area is 55.6 Å². The van der Waals surface area contributed by atoms with Crippen molar-refractivity contribution in [1.29, 1.82) is 0 Å². The Bertz CT molecular complexity index is 251. The fourth-order valence-corrected chi connectivity index (χ4v) is 0.342. The number of halogens is 1. The molecule has 0 amide bonds. The largest absolute Gasteiger partial charge is 1.00 e. The molecule has 1 heterocycles. The molecule has 6 heteroatoms. The van der Waals surface area contributed by atoms with Crippen molar-refractivity contribution in [1.82, 2.24) is 9.97 Å². The first-order chi connectivity index (χ1) is 3.79. The molecule has 0 saturated carbocycles. The maximum absolute atomic E-state index is 10.2. The van der Waals surface area contributed by atoms with Crippen molar-refractivity contribution in [2.45, 2.75) is 0 Å². The molecule has 0 aliphatic rings. The van der Waals surface area contributed by atoms with Crippen LogP contribution in [0.5, 0.6) is 0 Å². The molecule has 0 aliphatic carbocycles. The second-order valence-electron chi connectivity index (χ2n) is 1.22. The topological polar surface area (TPSA) is 79.9 Å². The van der Waals surface area contributed by atoms with Crippen molar-refractivity contribution >= 4 is 0 Å². The van der Waals surface area contributed by atoms with Crippen molar-refractivity contribution in [2.24, 2.45) is 0 Å². The Kier molecular flexibility index (Phi) is 2.66. The zero-order valence-corrected chi connectivity index (χ0v) is 5.03. The van der Waals surface area contributed by atoms with Gasteiger partial charge in [-0.15, -0.1) is 0 Å². The van der Waals surface area contributed by atoms with E-state index in [9.17, 15) is 9.59 Å². The molecule has 5 nitrogen and oxygen atoms in total. The number of aromatic amines is 3. The maximum Gasteiger partial charge on any atom is 0.443 e. The lowest BCUT2D eigenvalue weighted by Crippen LogP contribution is -3.00. The van der Waals surface area contributed by atoms with Gasteiger partial charge in [0.2, 0.25) is 0 Å². The fraction of sp³-hybridized carbons (Fsp3) is 0. The van der Waals surface area contributed by atoms with Crippen LogP contribution in [-0.4, -0.2) is 9.97 Å². The number of H-pyrrole nitrogens is 3. The molecule has 0 atom stereocenters. The highest BCUT2D eigenvalue weighted by Crippen LogP contribution is 1.31. The minimum Gasteiger partial charge on any atom is -1.00 e. The molecule has 0 saturated heterocycles. The summed E-state index contributed by atoms with van der Waals surface area (Å²) in [5.41, 5.74) is -1.01. The SMILES string of the molecule is O=c1[nH]c[nH+]c(=O)[nH]1.[Cl-]. The second kappa shape index (κ2) is 3.03. The average molecular weight is 150 g/mol. The van der Waals surface area contributed by atoms with Crippen LogP contribution in [-0.2, 0) is 0 Å². The summed E-state index contributed by atoms with van der Waals surface area (Å²) in [5.74, 6) is 0. The molecular formula is C3H4ClN3O2. The predicted molar refractivity (Wildman–Crippen MR) is 24.2 cm³/mol. The molecule has 0 radical (unpaired) electrons. The van der Waals surface area contributed by atoms with Crippen molar-refractivity contribution in [3.05, 3.63) is 27.3 Å². The second-order valence-corrected chi connectivity index (χ2v) is 1.22. The van der Waals surface area contributed by atoms with Gasteiger partial charge in [-0.2, -0.15) is 4.98 Å². The summed E-state index contributed by atoms with van der Waals surface area (Å²) in [6.45, 7) is 0.